The Balaban J connectivity index is 1.91. The number of hydrogen-bond acceptors (Lipinski definition) is 3. The molecule has 4 nitrogen and oxygen atoms in total. The Bertz CT molecular complexity index is 603. The lowest BCUT2D eigenvalue weighted by atomic mass is 9.95. The molecule has 118 valence electrons. The van der Waals surface area contributed by atoms with Gasteiger partial charge in [0, 0.05) is 0 Å². The lowest BCUT2D eigenvalue weighted by Crippen LogP contribution is -2.32. The predicted molar refractivity (Wildman–Crippen MR) is 82.1 cm³/mol. The van der Waals surface area contributed by atoms with Gasteiger partial charge in [0.1, 0.15) is 5.82 Å². The summed E-state index contributed by atoms with van der Waals surface area (Å²) in [4.78, 5) is 24.0. The summed E-state index contributed by atoms with van der Waals surface area (Å²) in [5.74, 6) is -1.58. The number of amides is 1. The highest BCUT2D eigenvalue weighted by Gasteiger charge is 2.25. The van der Waals surface area contributed by atoms with Crippen LogP contribution in [0, 0.1) is 11.7 Å². The summed E-state index contributed by atoms with van der Waals surface area (Å²) in [5.41, 5.74) is 0.275. The van der Waals surface area contributed by atoms with Crippen LogP contribution in [0.25, 0.3) is 0 Å². The lowest BCUT2D eigenvalue weighted by Gasteiger charge is -2.19. The first-order valence-corrected chi connectivity index (χ1v) is 7.46. The highest BCUT2D eigenvalue weighted by molar-refractivity contribution is 6.33. The van der Waals surface area contributed by atoms with Gasteiger partial charge in [-0.3, -0.25) is 9.59 Å². The number of carbonyl (C=O) groups excluding carboxylic acids is 2. The van der Waals surface area contributed by atoms with Gasteiger partial charge >= 0.3 is 5.97 Å². The first-order valence-electron chi connectivity index (χ1n) is 7.09. The zero-order chi connectivity index (χ0) is 16.1. The van der Waals surface area contributed by atoms with Crippen LogP contribution in [0.15, 0.2) is 30.4 Å². The molecule has 0 saturated heterocycles. The van der Waals surface area contributed by atoms with E-state index in [1.807, 2.05) is 12.2 Å². The van der Waals surface area contributed by atoms with Crippen molar-refractivity contribution >= 4 is 29.2 Å². The molecule has 0 aromatic heterocycles. The smallest absolute Gasteiger partial charge is 0.310 e. The third-order valence-electron chi connectivity index (χ3n) is 3.45. The quantitative estimate of drug-likeness (QED) is 0.678. The van der Waals surface area contributed by atoms with E-state index < -0.39 is 17.8 Å². The maximum Gasteiger partial charge on any atom is 0.310 e. The summed E-state index contributed by atoms with van der Waals surface area (Å²) in [7, 11) is 0. The summed E-state index contributed by atoms with van der Waals surface area (Å²) in [6, 6.07) is 3.64. The topological polar surface area (TPSA) is 55.4 Å². The van der Waals surface area contributed by atoms with Crippen molar-refractivity contribution < 1.29 is 18.7 Å². The molecular weight excluding hydrogens is 309 g/mol. The number of esters is 1. The van der Waals surface area contributed by atoms with Crippen LogP contribution in [-0.2, 0) is 14.3 Å². The number of benzene rings is 1. The maximum absolute atomic E-state index is 12.9. The van der Waals surface area contributed by atoms with Gasteiger partial charge in [0.2, 0.25) is 0 Å². The molecule has 0 saturated carbocycles. The normalized spacial score (nSPS) is 18.6. The number of carbonyl (C=O) groups is 2. The largest absolute Gasteiger partial charge is 0.452 e. The zero-order valence-electron chi connectivity index (χ0n) is 12.1. The van der Waals surface area contributed by atoms with Gasteiger partial charge in [0.05, 0.1) is 16.6 Å². The molecule has 2 rings (SSSR count). The molecule has 2 unspecified atom stereocenters. The average Bonchev–Trinajstić information content (AvgIpc) is 2.50. The van der Waals surface area contributed by atoms with Gasteiger partial charge in [-0.25, -0.2) is 4.39 Å². The third-order valence-corrected chi connectivity index (χ3v) is 3.77. The third kappa shape index (κ3) is 4.31. The fourth-order valence-corrected chi connectivity index (χ4v) is 2.37. The minimum atomic E-state index is -0.945. The number of nitrogens with one attached hydrogen (secondary N) is 1. The number of hydrogen-bond donors (Lipinski definition) is 1. The van der Waals surface area contributed by atoms with Crippen LogP contribution >= 0.6 is 11.6 Å². The molecule has 0 fully saturated rings. The number of ether oxygens (including phenoxy) is 1. The van der Waals surface area contributed by atoms with Gasteiger partial charge in [-0.2, -0.15) is 0 Å². The SMILES string of the molecule is CC(OC(=O)C1CC=CCC1)C(=O)Nc1ccc(F)cc1Cl. The van der Waals surface area contributed by atoms with E-state index in [0.29, 0.717) is 6.42 Å². The van der Waals surface area contributed by atoms with Crippen molar-refractivity contribution in [2.24, 2.45) is 5.92 Å². The molecule has 1 amide bonds. The summed E-state index contributed by atoms with van der Waals surface area (Å²) < 4.78 is 18.1. The molecule has 0 aliphatic heterocycles. The Hall–Kier alpha value is -1.88. The van der Waals surface area contributed by atoms with Crippen LogP contribution in [0.5, 0.6) is 0 Å². The second kappa shape index (κ2) is 7.40. The molecule has 1 aromatic carbocycles. The molecule has 1 N–H and O–H groups in total. The number of rotatable bonds is 4. The molecule has 2 atom stereocenters. The Labute approximate surface area is 133 Å². The lowest BCUT2D eigenvalue weighted by molar-refractivity contribution is -0.157. The Morgan fingerprint density at radius 2 is 2.18 bits per heavy atom. The van der Waals surface area contributed by atoms with Crippen molar-refractivity contribution in [1.29, 1.82) is 0 Å². The van der Waals surface area contributed by atoms with E-state index in [0.717, 1.165) is 18.9 Å². The summed E-state index contributed by atoms with van der Waals surface area (Å²) >= 11 is 5.84. The van der Waals surface area contributed by atoms with Crippen molar-refractivity contribution in [2.75, 3.05) is 5.32 Å². The molecular formula is C16H17ClFNO3. The summed E-state index contributed by atoms with van der Waals surface area (Å²) in [5, 5.41) is 2.60. The molecule has 0 bridgehead atoms. The Kier molecular flexibility index (Phi) is 5.55. The van der Waals surface area contributed by atoms with Crippen LogP contribution < -0.4 is 5.32 Å². The molecule has 6 heteroatoms. The van der Waals surface area contributed by atoms with E-state index in [9.17, 15) is 14.0 Å². The van der Waals surface area contributed by atoms with Gasteiger partial charge in [-0.05, 0) is 44.4 Å². The first-order chi connectivity index (χ1) is 10.5. The van der Waals surface area contributed by atoms with E-state index in [-0.39, 0.29) is 22.6 Å². The van der Waals surface area contributed by atoms with Crippen LogP contribution in [-0.4, -0.2) is 18.0 Å². The zero-order valence-corrected chi connectivity index (χ0v) is 12.9. The molecule has 1 aliphatic rings. The van der Waals surface area contributed by atoms with Crippen molar-refractivity contribution in [3.8, 4) is 0 Å². The van der Waals surface area contributed by atoms with Crippen molar-refractivity contribution in [3.63, 3.8) is 0 Å². The molecule has 22 heavy (non-hydrogen) atoms. The van der Waals surface area contributed by atoms with Crippen LogP contribution in [0.4, 0.5) is 10.1 Å². The minimum Gasteiger partial charge on any atom is -0.452 e. The molecule has 1 aliphatic carbocycles. The van der Waals surface area contributed by atoms with Crippen molar-refractivity contribution in [3.05, 3.63) is 41.2 Å². The maximum atomic E-state index is 12.9. The highest BCUT2D eigenvalue weighted by atomic mass is 35.5. The van der Waals surface area contributed by atoms with Gasteiger partial charge in [-0.1, -0.05) is 23.8 Å². The second-order valence-electron chi connectivity index (χ2n) is 5.17. The van der Waals surface area contributed by atoms with Gasteiger partial charge in [0.25, 0.3) is 5.91 Å². The Morgan fingerprint density at radius 1 is 1.41 bits per heavy atom. The molecule has 0 heterocycles. The highest BCUT2D eigenvalue weighted by Crippen LogP contribution is 2.23. The molecule has 0 radical (unpaired) electrons. The Morgan fingerprint density at radius 3 is 2.82 bits per heavy atom. The van der Waals surface area contributed by atoms with Crippen LogP contribution in [0.1, 0.15) is 26.2 Å². The summed E-state index contributed by atoms with van der Waals surface area (Å²) in [6.07, 6.45) is 5.23. The number of anilines is 1. The van der Waals surface area contributed by atoms with Gasteiger partial charge < -0.3 is 10.1 Å². The van der Waals surface area contributed by atoms with E-state index in [1.54, 1.807) is 0 Å². The van der Waals surface area contributed by atoms with Crippen molar-refractivity contribution in [2.45, 2.75) is 32.3 Å². The first kappa shape index (κ1) is 16.5. The summed E-state index contributed by atoms with van der Waals surface area (Å²) in [6.45, 7) is 1.49. The van der Waals surface area contributed by atoms with Gasteiger partial charge in [-0.15, -0.1) is 0 Å². The predicted octanol–water partition coefficient (Wildman–Crippen LogP) is 3.71. The molecule has 1 aromatic rings. The standard InChI is InChI=1S/C16H17ClFNO3/c1-10(22-16(21)11-5-3-2-4-6-11)15(20)19-14-8-7-12(18)9-13(14)17/h2-3,7-11H,4-6H2,1H3,(H,19,20). The van der Waals surface area contributed by atoms with Crippen molar-refractivity contribution in [1.82, 2.24) is 0 Å². The van der Waals surface area contributed by atoms with Gasteiger partial charge in [0.15, 0.2) is 6.10 Å². The monoisotopic (exact) mass is 325 g/mol. The number of halogens is 2. The average molecular weight is 326 g/mol. The van der Waals surface area contributed by atoms with E-state index in [2.05, 4.69) is 5.32 Å². The minimum absolute atomic E-state index is 0.0873. The fraction of sp³-hybridized carbons (Fsp3) is 0.375. The van der Waals surface area contributed by atoms with E-state index in [1.165, 1.54) is 19.1 Å². The van der Waals surface area contributed by atoms with E-state index >= 15 is 0 Å². The number of allylic oxidation sites excluding steroid dienone is 2. The van der Waals surface area contributed by atoms with Crippen LogP contribution in [0.2, 0.25) is 5.02 Å². The molecule has 0 spiro atoms. The van der Waals surface area contributed by atoms with Crippen LogP contribution in [0.3, 0.4) is 0 Å². The second-order valence-corrected chi connectivity index (χ2v) is 5.58. The fourth-order valence-electron chi connectivity index (χ4n) is 2.16. The van der Waals surface area contributed by atoms with E-state index in [4.69, 9.17) is 16.3 Å².